The Kier molecular flexibility index (Phi) is 6.33. The highest BCUT2D eigenvalue weighted by Gasteiger charge is 2.13. The summed E-state index contributed by atoms with van der Waals surface area (Å²) in [6.45, 7) is 0.892. The normalized spacial score (nSPS) is 10.6. The van der Waals surface area contributed by atoms with Gasteiger partial charge in [0.25, 0.3) is 0 Å². The van der Waals surface area contributed by atoms with E-state index in [-0.39, 0.29) is 0 Å². The molecule has 0 aliphatic heterocycles. The van der Waals surface area contributed by atoms with E-state index < -0.39 is 0 Å². The van der Waals surface area contributed by atoms with Gasteiger partial charge in [-0.1, -0.05) is 0 Å². The van der Waals surface area contributed by atoms with E-state index in [1.807, 2.05) is 30.3 Å². The number of hydrogen-bond acceptors (Lipinski definition) is 8. The Balaban J connectivity index is 2.00. The first-order valence-electron chi connectivity index (χ1n) is 8.63. The fourth-order valence-corrected chi connectivity index (χ4v) is 2.71. The van der Waals surface area contributed by atoms with Gasteiger partial charge in [-0.05, 0) is 18.2 Å². The molecule has 1 N–H and O–H groups in total. The molecule has 0 saturated heterocycles. The van der Waals surface area contributed by atoms with Crippen molar-refractivity contribution in [1.82, 2.24) is 9.97 Å². The van der Waals surface area contributed by atoms with Gasteiger partial charge in [-0.25, -0.2) is 9.97 Å². The van der Waals surface area contributed by atoms with Crippen LogP contribution in [-0.4, -0.2) is 51.6 Å². The number of hydrogen-bond donors (Lipinski definition) is 1. The Hall–Kier alpha value is -3.26. The number of nitrogens with one attached hydrogen (secondary N) is 1. The molecule has 0 unspecified atom stereocenters. The van der Waals surface area contributed by atoms with Gasteiger partial charge in [-0.15, -0.1) is 0 Å². The minimum Gasteiger partial charge on any atom is -0.497 e. The number of benzene rings is 2. The highest BCUT2D eigenvalue weighted by molar-refractivity contribution is 5.93. The molecule has 0 saturated carbocycles. The molecule has 2 aromatic carbocycles. The molecule has 0 aliphatic rings. The first kappa shape index (κ1) is 19.5. The third-order valence-electron chi connectivity index (χ3n) is 4.13. The van der Waals surface area contributed by atoms with E-state index in [4.69, 9.17) is 23.7 Å². The summed E-state index contributed by atoms with van der Waals surface area (Å²) in [5, 5.41) is 4.07. The number of ether oxygens (including phenoxy) is 5. The van der Waals surface area contributed by atoms with Gasteiger partial charge in [0.05, 0.1) is 39.1 Å². The molecule has 0 bridgehead atoms. The summed E-state index contributed by atoms with van der Waals surface area (Å²) in [5.74, 6) is 3.15. The molecule has 0 fully saturated rings. The third-order valence-corrected chi connectivity index (χ3v) is 4.13. The van der Waals surface area contributed by atoms with Crippen LogP contribution in [0.1, 0.15) is 0 Å². The quantitative estimate of drug-likeness (QED) is 0.561. The van der Waals surface area contributed by atoms with Crippen LogP contribution in [0.15, 0.2) is 36.7 Å². The Morgan fingerprint density at radius 3 is 2.36 bits per heavy atom. The lowest BCUT2D eigenvalue weighted by Crippen LogP contribution is -2.06. The van der Waals surface area contributed by atoms with Gasteiger partial charge in [-0.2, -0.15) is 0 Å². The van der Waals surface area contributed by atoms with E-state index in [0.29, 0.717) is 47.5 Å². The van der Waals surface area contributed by atoms with Crippen molar-refractivity contribution >= 4 is 22.4 Å². The molecule has 3 aromatic rings. The maximum Gasteiger partial charge on any atom is 0.163 e. The van der Waals surface area contributed by atoms with Crippen LogP contribution in [0.25, 0.3) is 10.9 Å². The molecule has 0 atom stereocenters. The first-order valence-corrected chi connectivity index (χ1v) is 8.63. The average molecular weight is 385 g/mol. The predicted octanol–water partition coefficient (Wildman–Crippen LogP) is 3.42. The van der Waals surface area contributed by atoms with Crippen LogP contribution in [0.3, 0.4) is 0 Å². The van der Waals surface area contributed by atoms with Crippen LogP contribution in [0.4, 0.5) is 11.5 Å². The van der Waals surface area contributed by atoms with Gasteiger partial charge >= 0.3 is 0 Å². The van der Waals surface area contributed by atoms with Crippen molar-refractivity contribution in [2.75, 3.05) is 47.0 Å². The first-order chi connectivity index (χ1) is 13.7. The zero-order chi connectivity index (χ0) is 19.9. The summed E-state index contributed by atoms with van der Waals surface area (Å²) in [6, 6.07) is 9.15. The van der Waals surface area contributed by atoms with Crippen LogP contribution in [0.5, 0.6) is 23.0 Å². The van der Waals surface area contributed by atoms with Gasteiger partial charge < -0.3 is 29.0 Å². The lowest BCUT2D eigenvalue weighted by atomic mass is 10.2. The fraction of sp³-hybridized carbons (Fsp3) is 0.300. The standard InChI is InChI=1S/C20H23N3O5/c1-24-7-8-28-19-11-15-14(10-18(19)27-4)20(22-12-21-15)23-16-9-13(25-2)5-6-17(16)26-3/h5-6,9-12H,7-8H2,1-4H3,(H,21,22,23). The van der Waals surface area contributed by atoms with Crippen molar-refractivity contribution in [2.45, 2.75) is 0 Å². The zero-order valence-corrected chi connectivity index (χ0v) is 16.3. The Bertz CT molecular complexity index is 949. The molecule has 0 amide bonds. The van der Waals surface area contributed by atoms with E-state index in [1.54, 1.807) is 28.4 Å². The van der Waals surface area contributed by atoms with Crippen LogP contribution in [-0.2, 0) is 4.74 Å². The second-order valence-electron chi connectivity index (χ2n) is 5.77. The summed E-state index contributed by atoms with van der Waals surface area (Å²) >= 11 is 0. The summed E-state index contributed by atoms with van der Waals surface area (Å²) < 4.78 is 27.0. The average Bonchev–Trinajstić information content (AvgIpc) is 2.73. The number of methoxy groups -OCH3 is 4. The van der Waals surface area contributed by atoms with Crippen molar-refractivity contribution in [3.05, 3.63) is 36.7 Å². The lowest BCUT2D eigenvalue weighted by molar-refractivity contribution is 0.144. The molecule has 8 heteroatoms. The van der Waals surface area contributed by atoms with Crippen LogP contribution >= 0.6 is 0 Å². The molecule has 148 valence electrons. The summed E-state index contributed by atoms with van der Waals surface area (Å²) in [6.07, 6.45) is 1.49. The second-order valence-corrected chi connectivity index (χ2v) is 5.77. The predicted molar refractivity (Wildman–Crippen MR) is 106 cm³/mol. The van der Waals surface area contributed by atoms with E-state index in [0.717, 1.165) is 11.1 Å². The van der Waals surface area contributed by atoms with Crippen molar-refractivity contribution in [2.24, 2.45) is 0 Å². The van der Waals surface area contributed by atoms with Gasteiger partial charge in [0.1, 0.15) is 30.3 Å². The molecular weight excluding hydrogens is 362 g/mol. The topological polar surface area (TPSA) is 84.0 Å². The number of anilines is 2. The van der Waals surface area contributed by atoms with E-state index in [9.17, 15) is 0 Å². The van der Waals surface area contributed by atoms with Crippen molar-refractivity contribution in [3.8, 4) is 23.0 Å². The molecule has 0 radical (unpaired) electrons. The highest BCUT2D eigenvalue weighted by Crippen LogP contribution is 2.37. The Labute approximate surface area is 163 Å². The van der Waals surface area contributed by atoms with Gasteiger partial charge in [0, 0.05) is 24.6 Å². The van der Waals surface area contributed by atoms with Crippen LogP contribution < -0.4 is 24.3 Å². The zero-order valence-electron chi connectivity index (χ0n) is 16.3. The van der Waals surface area contributed by atoms with Crippen LogP contribution in [0.2, 0.25) is 0 Å². The Morgan fingerprint density at radius 1 is 0.821 bits per heavy atom. The second kappa shape index (κ2) is 9.09. The number of rotatable bonds is 9. The molecule has 0 spiro atoms. The molecule has 1 aromatic heterocycles. The molecule has 3 rings (SSSR count). The smallest absolute Gasteiger partial charge is 0.163 e. The Morgan fingerprint density at radius 2 is 1.64 bits per heavy atom. The molecular formula is C20H23N3O5. The maximum absolute atomic E-state index is 5.73. The molecule has 8 nitrogen and oxygen atoms in total. The minimum absolute atomic E-state index is 0.412. The minimum atomic E-state index is 0.412. The highest BCUT2D eigenvalue weighted by atomic mass is 16.5. The van der Waals surface area contributed by atoms with Crippen molar-refractivity contribution < 1.29 is 23.7 Å². The van der Waals surface area contributed by atoms with Crippen molar-refractivity contribution in [1.29, 1.82) is 0 Å². The molecule has 0 aliphatic carbocycles. The molecule has 28 heavy (non-hydrogen) atoms. The van der Waals surface area contributed by atoms with Gasteiger partial charge in [-0.3, -0.25) is 0 Å². The summed E-state index contributed by atoms with van der Waals surface area (Å²) in [5.41, 5.74) is 1.44. The SMILES string of the molecule is COCCOc1cc2ncnc(Nc3cc(OC)ccc3OC)c2cc1OC. The lowest BCUT2D eigenvalue weighted by Gasteiger charge is -2.15. The number of nitrogens with zero attached hydrogens (tertiary/aromatic N) is 2. The maximum atomic E-state index is 5.73. The van der Waals surface area contributed by atoms with Gasteiger partial charge in [0.2, 0.25) is 0 Å². The van der Waals surface area contributed by atoms with E-state index in [1.165, 1.54) is 6.33 Å². The summed E-state index contributed by atoms with van der Waals surface area (Å²) in [7, 11) is 6.44. The van der Waals surface area contributed by atoms with E-state index in [2.05, 4.69) is 15.3 Å². The monoisotopic (exact) mass is 385 g/mol. The largest absolute Gasteiger partial charge is 0.497 e. The third kappa shape index (κ3) is 4.17. The fourth-order valence-electron chi connectivity index (χ4n) is 2.71. The van der Waals surface area contributed by atoms with Crippen LogP contribution in [0, 0.1) is 0 Å². The molecule has 1 heterocycles. The number of aromatic nitrogens is 2. The van der Waals surface area contributed by atoms with Crippen molar-refractivity contribution in [3.63, 3.8) is 0 Å². The van der Waals surface area contributed by atoms with Gasteiger partial charge in [0.15, 0.2) is 11.5 Å². The number of fused-ring (bicyclic) bond motifs is 1. The van der Waals surface area contributed by atoms with E-state index >= 15 is 0 Å². The summed E-state index contributed by atoms with van der Waals surface area (Å²) in [4.78, 5) is 8.73.